The predicted octanol–water partition coefficient (Wildman–Crippen LogP) is 3.34. The van der Waals surface area contributed by atoms with Crippen LogP contribution in [0.15, 0.2) is 11.6 Å². The van der Waals surface area contributed by atoms with E-state index in [2.05, 4.69) is 6.08 Å². The molecule has 2 aliphatic rings. The van der Waals surface area contributed by atoms with E-state index in [-0.39, 0.29) is 11.2 Å². The average Bonchev–Trinajstić information content (AvgIpc) is 2.77. The number of carbonyl (C=O) groups excluding carboxylic acids is 1. The Bertz CT molecular complexity index is 375. The normalized spacial score (nSPS) is 23.7. The second kappa shape index (κ2) is 5.25. The van der Waals surface area contributed by atoms with Crippen LogP contribution in [0, 0.1) is 11.3 Å². The van der Waals surface area contributed by atoms with Crippen LogP contribution in [-0.2, 0) is 9.59 Å². The molecule has 0 aromatic rings. The van der Waals surface area contributed by atoms with Gasteiger partial charge in [0, 0.05) is 0 Å². The van der Waals surface area contributed by atoms with Crippen molar-refractivity contribution in [3.8, 4) is 0 Å². The summed E-state index contributed by atoms with van der Waals surface area (Å²) in [6.07, 6.45) is 10.3. The molecular weight excluding hydrogens is 228 g/mol. The molecule has 3 nitrogen and oxygen atoms in total. The minimum atomic E-state index is -0.977. The smallest absolute Gasteiger partial charge is 0.314 e. The third kappa shape index (κ3) is 2.50. The van der Waals surface area contributed by atoms with E-state index in [0.29, 0.717) is 6.42 Å². The molecule has 0 radical (unpaired) electrons. The van der Waals surface area contributed by atoms with Crippen molar-refractivity contribution in [2.24, 2.45) is 11.3 Å². The maximum atomic E-state index is 12.3. The summed E-state index contributed by atoms with van der Waals surface area (Å²) in [5.74, 6) is -1.96. The molecule has 1 spiro atoms. The number of allylic oxidation sites excluding steroid dienone is 2. The van der Waals surface area contributed by atoms with Gasteiger partial charge >= 0.3 is 5.97 Å². The zero-order valence-corrected chi connectivity index (χ0v) is 11.1. The molecule has 0 saturated heterocycles. The molecule has 1 fully saturated rings. The molecule has 0 heterocycles. The largest absolute Gasteiger partial charge is 0.481 e. The Morgan fingerprint density at radius 1 is 1.28 bits per heavy atom. The SMILES string of the molecule is CCC(C(=O)O)C(=O)C1=CC2(CCCC2)CCC1. The number of hydrogen-bond acceptors (Lipinski definition) is 2. The highest BCUT2D eigenvalue weighted by atomic mass is 16.4. The van der Waals surface area contributed by atoms with Crippen LogP contribution < -0.4 is 0 Å². The Kier molecular flexibility index (Phi) is 3.88. The first kappa shape index (κ1) is 13.3. The van der Waals surface area contributed by atoms with Crippen molar-refractivity contribution in [3.63, 3.8) is 0 Å². The van der Waals surface area contributed by atoms with Crippen LogP contribution in [0.4, 0.5) is 0 Å². The third-order valence-corrected chi connectivity index (χ3v) is 4.54. The highest BCUT2D eigenvalue weighted by Gasteiger charge is 2.37. The first-order valence-electron chi connectivity index (χ1n) is 7.07. The van der Waals surface area contributed by atoms with E-state index < -0.39 is 11.9 Å². The highest BCUT2D eigenvalue weighted by Crippen LogP contribution is 2.47. The van der Waals surface area contributed by atoms with Crippen LogP contribution in [0.1, 0.15) is 58.3 Å². The van der Waals surface area contributed by atoms with Crippen LogP contribution in [0.2, 0.25) is 0 Å². The molecule has 0 aromatic carbocycles. The van der Waals surface area contributed by atoms with Gasteiger partial charge in [0.05, 0.1) is 0 Å². The summed E-state index contributed by atoms with van der Waals surface area (Å²) in [6, 6.07) is 0. The molecule has 1 saturated carbocycles. The third-order valence-electron chi connectivity index (χ3n) is 4.54. The van der Waals surface area contributed by atoms with E-state index in [4.69, 9.17) is 5.11 Å². The van der Waals surface area contributed by atoms with Gasteiger partial charge in [-0.05, 0) is 49.5 Å². The van der Waals surface area contributed by atoms with Gasteiger partial charge in [0.1, 0.15) is 5.92 Å². The van der Waals surface area contributed by atoms with Crippen molar-refractivity contribution in [1.82, 2.24) is 0 Å². The van der Waals surface area contributed by atoms with Crippen molar-refractivity contribution >= 4 is 11.8 Å². The van der Waals surface area contributed by atoms with Gasteiger partial charge in [-0.15, -0.1) is 0 Å². The number of carbonyl (C=O) groups is 2. The molecule has 100 valence electrons. The van der Waals surface area contributed by atoms with Gasteiger partial charge in [0.15, 0.2) is 5.78 Å². The van der Waals surface area contributed by atoms with Gasteiger partial charge in [-0.3, -0.25) is 9.59 Å². The first-order chi connectivity index (χ1) is 8.58. The molecule has 0 amide bonds. The fraction of sp³-hybridized carbons (Fsp3) is 0.733. The lowest BCUT2D eigenvalue weighted by Gasteiger charge is -2.31. The van der Waals surface area contributed by atoms with E-state index in [1.54, 1.807) is 6.92 Å². The standard InChI is InChI=1S/C15H22O3/c1-2-12(14(17)18)13(16)11-6-5-9-15(10-11)7-3-4-8-15/h10,12H,2-9H2,1H3,(H,17,18). The summed E-state index contributed by atoms with van der Waals surface area (Å²) in [5, 5.41) is 9.08. The number of ketones is 1. The van der Waals surface area contributed by atoms with Crippen LogP contribution in [0.3, 0.4) is 0 Å². The van der Waals surface area contributed by atoms with Gasteiger partial charge in [-0.25, -0.2) is 0 Å². The molecule has 18 heavy (non-hydrogen) atoms. The van der Waals surface area contributed by atoms with Crippen LogP contribution in [0.5, 0.6) is 0 Å². The van der Waals surface area contributed by atoms with E-state index in [1.807, 2.05) is 0 Å². The van der Waals surface area contributed by atoms with Gasteiger partial charge in [-0.2, -0.15) is 0 Å². The van der Waals surface area contributed by atoms with Gasteiger partial charge in [-0.1, -0.05) is 25.8 Å². The molecule has 0 bridgehead atoms. The zero-order chi connectivity index (χ0) is 13.2. The molecule has 1 N–H and O–H groups in total. The van der Waals surface area contributed by atoms with E-state index in [1.165, 1.54) is 32.1 Å². The van der Waals surface area contributed by atoms with E-state index in [0.717, 1.165) is 18.4 Å². The van der Waals surface area contributed by atoms with E-state index in [9.17, 15) is 9.59 Å². The van der Waals surface area contributed by atoms with E-state index >= 15 is 0 Å². The van der Waals surface area contributed by atoms with Gasteiger partial charge < -0.3 is 5.11 Å². The lowest BCUT2D eigenvalue weighted by atomic mass is 9.73. The highest BCUT2D eigenvalue weighted by molar-refractivity contribution is 6.07. The molecule has 1 unspecified atom stereocenters. The number of carboxylic acid groups (broad SMARTS) is 1. The molecule has 2 aliphatic carbocycles. The number of Topliss-reactive ketones (excluding diaryl/α,β-unsaturated/α-hetero) is 1. The fourth-order valence-corrected chi connectivity index (χ4v) is 3.51. The first-order valence-corrected chi connectivity index (χ1v) is 7.07. The molecule has 3 heteroatoms. The van der Waals surface area contributed by atoms with Crippen molar-refractivity contribution in [2.75, 3.05) is 0 Å². The summed E-state index contributed by atoms with van der Waals surface area (Å²) >= 11 is 0. The van der Waals surface area contributed by atoms with Crippen LogP contribution in [-0.4, -0.2) is 16.9 Å². The second-order valence-corrected chi connectivity index (χ2v) is 5.76. The van der Waals surface area contributed by atoms with Crippen LogP contribution in [0.25, 0.3) is 0 Å². The molecule has 2 rings (SSSR count). The van der Waals surface area contributed by atoms with Crippen molar-refractivity contribution in [2.45, 2.75) is 58.3 Å². The number of carboxylic acids is 1. The minimum absolute atomic E-state index is 0.143. The summed E-state index contributed by atoms with van der Waals surface area (Å²) < 4.78 is 0. The topological polar surface area (TPSA) is 54.4 Å². The Labute approximate surface area is 108 Å². The Morgan fingerprint density at radius 3 is 2.44 bits per heavy atom. The van der Waals surface area contributed by atoms with Crippen molar-refractivity contribution in [1.29, 1.82) is 0 Å². The van der Waals surface area contributed by atoms with Crippen molar-refractivity contribution in [3.05, 3.63) is 11.6 Å². The number of hydrogen-bond donors (Lipinski definition) is 1. The molecule has 0 aliphatic heterocycles. The summed E-state index contributed by atoms with van der Waals surface area (Å²) in [5.41, 5.74) is 1.01. The molecular formula is C15H22O3. The lowest BCUT2D eigenvalue weighted by molar-refractivity contribution is -0.145. The monoisotopic (exact) mass is 250 g/mol. The maximum Gasteiger partial charge on any atom is 0.314 e. The Balaban J connectivity index is 2.19. The Hall–Kier alpha value is -1.12. The molecule has 1 atom stereocenters. The number of aliphatic carboxylic acids is 1. The Morgan fingerprint density at radius 2 is 1.89 bits per heavy atom. The minimum Gasteiger partial charge on any atom is -0.481 e. The summed E-state index contributed by atoms with van der Waals surface area (Å²) in [6.45, 7) is 1.77. The second-order valence-electron chi connectivity index (χ2n) is 5.76. The fourth-order valence-electron chi connectivity index (χ4n) is 3.51. The average molecular weight is 250 g/mol. The maximum absolute atomic E-state index is 12.3. The lowest BCUT2D eigenvalue weighted by Crippen LogP contribution is -2.28. The zero-order valence-electron chi connectivity index (χ0n) is 11.1. The van der Waals surface area contributed by atoms with Gasteiger partial charge in [0.2, 0.25) is 0 Å². The van der Waals surface area contributed by atoms with Crippen molar-refractivity contribution < 1.29 is 14.7 Å². The number of rotatable bonds is 4. The van der Waals surface area contributed by atoms with Crippen LogP contribution >= 0.6 is 0 Å². The predicted molar refractivity (Wildman–Crippen MR) is 69.3 cm³/mol. The summed E-state index contributed by atoms with van der Waals surface area (Å²) in [4.78, 5) is 23.3. The van der Waals surface area contributed by atoms with Gasteiger partial charge in [0.25, 0.3) is 0 Å². The summed E-state index contributed by atoms with van der Waals surface area (Å²) in [7, 11) is 0. The quantitative estimate of drug-likeness (QED) is 0.778. The molecule has 0 aromatic heterocycles.